The molecule has 9 nitrogen and oxygen atoms in total. The third-order valence-electron chi connectivity index (χ3n) is 5.83. The minimum atomic E-state index is -0.894. The first-order chi connectivity index (χ1) is 16.9. The monoisotopic (exact) mass is 479 g/mol. The highest BCUT2D eigenvalue weighted by molar-refractivity contribution is 5.75. The normalized spacial score (nSPS) is 15.9. The zero-order chi connectivity index (χ0) is 25.0. The van der Waals surface area contributed by atoms with Gasteiger partial charge < -0.3 is 21.9 Å². The average molecular weight is 480 g/mol. The number of nitrogens with one attached hydrogen (secondary N) is 2. The maximum absolute atomic E-state index is 13.3. The molecule has 1 aliphatic rings. The first-order valence-electron chi connectivity index (χ1n) is 12.2. The van der Waals surface area contributed by atoms with E-state index in [1.165, 1.54) is 5.57 Å². The van der Waals surface area contributed by atoms with E-state index in [1.54, 1.807) is 10.8 Å². The molecule has 35 heavy (non-hydrogen) atoms. The highest BCUT2D eigenvalue weighted by atomic mass is 16.3. The number of nitrogens with zero attached hydrogens (tertiary/aromatic N) is 3. The smallest absolute Gasteiger partial charge is 0.293 e. The van der Waals surface area contributed by atoms with Crippen molar-refractivity contribution >= 4 is 11.8 Å². The molecule has 188 valence electrons. The molecule has 0 amide bonds. The Morgan fingerprint density at radius 2 is 2.06 bits per heavy atom. The summed E-state index contributed by atoms with van der Waals surface area (Å²) in [4.78, 5) is 21.7. The van der Waals surface area contributed by atoms with Crippen molar-refractivity contribution in [3.05, 3.63) is 70.7 Å². The maximum Gasteiger partial charge on any atom is 0.293 e. The maximum atomic E-state index is 13.3. The number of aromatic nitrogens is 2. The van der Waals surface area contributed by atoms with E-state index >= 15 is 0 Å². The lowest BCUT2D eigenvalue weighted by molar-refractivity contribution is 0.117. The average Bonchev–Trinajstić information content (AvgIpc) is 2.84. The highest BCUT2D eigenvalue weighted by Crippen LogP contribution is 2.21. The lowest BCUT2D eigenvalue weighted by Gasteiger charge is -2.19. The van der Waals surface area contributed by atoms with Crippen LogP contribution in [0.5, 0.6) is 0 Å². The van der Waals surface area contributed by atoms with Crippen molar-refractivity contribution < 1.29 is 5.11 Å². The minimum absolute atomic E-state index is 0.0785. The Hall–Kier alpha value is -3.43. The van der Waals surface area contributed by atoms with Crippen molar-refractivity contribution in [3.63, 3.8) is 0 Å². The third kappa shape index (κ3) is 8.38. The third-order valence-corrected chi connectivity index (χ3v) is 5.83. The number of rotatable bonds is 13. The van der Waals surface area contributed by atoms with Crippen LogP contribution in [0.4, 0.5) is 5.82 Å². The Morgan fingerprint density at radius 3 is 2.80 bits per heavy atom. The molecule has 0 saturated heterocycles. The van der Waals surface area contributed by atoms with Gasteiger partial charge in [0.2, 0.25) is 0 Å². The first kappa shape index (κ1) is 26.2. The Bertz CT molecular complexity index is 1090. The van der Waals surface area contributed by atoms with E-state index < -0.39 is 6.23 Å². The largest absolute Gasteiger partial charge is 0.377 e. The van der Waals surface area contributed by atoms with Gasteiger partial charge in [0.1, 0.15) is 6.23 Å². The van der Waals surface area contributed by atoms with Crippen LogP contribution in [0.25, 0.3) is 11.3 Å². The van der Waals surface area contributed by atoms with Gasteiger partial charge in [-0.15, -0.1) is 0 Å². The number of anilines is 1. The molecule has 3 rings (SSSR count). The Kier molecular flexibility index (Phi) is 10.1. The first-order valence-corrected chi connectivity index (χ1v) is 12.2. The van der Waals surface area contributed by atoms with Gasteiger partial charge in [-0.3, -0.25) is 19.7 Å². The van der Waals surface area contributed by atoms with Gasteiger partial charge in [0.15, 0.2) is 11.8 Å². The summed E-state index contributed by atoms with van der Waals surface area (Å²) in [7, 11) is 0. The van der Waals surface area contributed by atoms with Crippen molar-refractivity contribution in [2.75, 3.05) is 25.0 Å². The number of nitrogens with two attached hydrogens (primary N) is 2. The molecule has 2 aromatic rings. The van der Waals surface area contributed by atoms with Crippen molar-refractivity contribution in [2.24, 2.45) is 22.4 Å². The van der Waals surface area contributed by atoms with Crippen molar-refractivity contribution in [2.45, 2.75) is 45.4 Å². The summed E-state index contributed by atoms with van der Waals surface area (Å²) in [6.45, 7) is 4.04. The molecule has 7 N–H and O–H groups in total. The van der Waals surface area contributed by atoms with Gasteiger partial charge in [-0.25, -0.2) is 4.98 Å². The number of hydrogen-bond acceptors (Lipinski definition) is 6. The second-order valence-corrected chi connectivity index (χ2v) is 8.83. The van der Waals surface area contributed by atoms with E-state index in [0.29, 0.717) is 31.2 Å². The zero-order valence-electron chi connectivity index (χ0n) is 20.4. The number of unbranched alkanes of at least 4 members (excludes halogenated alkanes) is 1. The fraction of sp³-hybridized carbons (Fsp3) is 0.423. The van der Waals surface area contributed by atoms with Crippen LogP contribution in [0.15, 0.2) is 70.1 Å². The second kappa shape index (κ2) is 13.5. The molecule has 1 heterocycles. The predicted octanol–water partition coefficient (Wildman–Crippen LogP) is 2.20. The van der Waals surface area contributed by atoms with E-state index in [0.717, 1.165) is 31.2 Å². The van der Waals surface area contributed by atoms with Crippen LogP contribution < -0.4 is 27.7 Å². The summed E-state index contributed by atoms with van der Waals surface area (Å²) in [5.74, 6) is 0.903. The van der Waals surface area contributed by atoms with Gasteiger partial charge in [0, 0.05) is 13.1 Å². The van der Waals surface area contributed by atoms with Gasteiger partial charge >= 0.3 is 0 Å². The number of aliphatic hydroxyl groups is 1. The van der Waals surface area contributed by atoms with Crippen LogP contribution in [-0.2, 0) is 6.54 Å². The number of hydrogen-bond donors (Lipinski definition) is 5. The minimum Gasteiger partial charge on any atom is -0.377 e. The molecule has 0 saturated carbocycles. The molecule has 1 aromatic carbocycles. The molecule has 0 bridgehead atoms. The fourth-order valence-electron chi connectivity index (χ4n) is 4.04. The zero-order valence-corrected chi connectivity index (χ0v) is 20.4. The van der Waals surface area contributed by atoms with Crippen LogP contribution in [0.1, 0.15) is 32.6 Å². The van der Waals surface area contributed by atoms with Gasteiger partial charge in [-0.2, -0.15) is 0 Å². The number of allylic oxidation sites excluding steroid dienone is 3. The van der Waals surface area contributed by atoms with Crippen LogP contribution >= 0.6 is 0 Å². The van der Waals surface area contributed by atoms with E-state index in [2.05, 4.69) is 45.8 Å². The van der Waals surface area contributed by atoms with Crippen LogP contribution in [0.2, 0.25) is 0 Å². The summed E-state index contributed by atoms with van der Waals surface area (Å²) in [5, 5.41) is 16.9. The second-order valence-electron chi connectivity index (χ2n) is 8.83. The summed E-state index contributed by atoms with van der Waals surface area (Å²) in [6, 6.07) is 9.59. The highest BCUT2D eigenvalue weighted by Gasteiger charge is 2.15. The molecule has 9 heteroatoms. The quantitative estimate of drug-likeness (QED) is 0.128. The van der Waals surface area contributed by atoms with E-state index in [-0.39, 0.29) is 23.9 Å². The van der Waals surface area contributed by atoms with Gasteiger partial charge in [-0.05, 0) is 43.7 Å². The Balaban J connectivity index is 1.67. The molecular formula is C26H37N7O2. The van der Waals surface area contributed by atoms with Crippen molar-refractivity contribution in [1.82, 2.24) is 14.9 Å². The molecule has 1 aromatic heterocycles. The lowest BCUT2D eigenvalue weighted by Crippen LogP contribution is -2.38. The lowest BCUT2D eigenvalue weighted by atomic mass is 9.94. The van der Waals surface area contributed by atoms with Gasteiger partial charge in [-0.1, -0.05) is 61.1 Å². The number of guanidine groups is 1. The fourth-order valence-corrected chi connectivity index (χ4v) is 4.04. The summed E-state index contributed by atoms with van der Waals surface area (Å²) >= 11 is 0. The summed E-state index contributed by atoms with van der Waals surface area (Å²) in [6.07, 6.45) is 10.7. The summed E-state index contributed by atoms with van der Waals surface area (Å²) < 4.78 is 1.58. The predicted molar refractivity (Wildman–Crippen MR) is 142 cm³/mol. The molecule has 1 aliphatic carbocycles. The van der Waals surface area contributed by atoms with Gasteiger partial charge in [0.25, 0.3) is 5.56 Å². The Labute approximate surface area is 206 Å². The molecular weight excluding hydrogens is 442 g/mol. The van der Waals surface area contributed by atoms with E-state index in [4.69, 9.17) is 11.5 Å². The van der Waals surface area contributed by atoms with Crippen molar-refractivity contribution in [1.29, 1.82) is 0 Å². The van der Waals surface area contributed by atoms with Crippen LogP contribution in [-0.4, -0.2) is 46.5 Å². The standard InChI is InChI=1S/C26H37N7O2/c1-19-8-7-9-20(16-19)12-15-30-24-25(35)33(22(17-32-24)21-10-3-2-4-11-21)18-23(34)29-13-5-6-14-31-26(27)28/h2-4,7-11,17,19,23,29,34H,5-6,12-16,18H2,1H3,(H,30,32)(H4,27,28,31). The van der Waals surface area contributed by atoms with Crippen LogP contribution in [0.3, 0.4) is 0 Å². The Morgan fingerprint density at radius 1 is 1.26 bits per heavy atom. The molecule has 0 radical (unpaired) electrons. The molecule has 0 fully saturated rings. The van der Waals surface area contributed by atoms with Gasteiger partial charge in [0.05, 0.1) is 18.4 Å². The molecule has 0 spiro atoms. The summed E-state index contributed by atoms with van der Waals surface area (Å²) in [5.41, 5.74) is 13.3. The van der Waals surface area contributed by atoms with E-state index in [9.17, 15) is 9.90 Å². The number of aliphatic imine (C=N–C) groups is 1. The topological polar surface area (TPSA) is 144 Å². The number of aliphatic hydroxyl groups excluding tert-OH is 1. The molecule has 2 unspecified atom stereocenters. The van der Waals surface area contributed by atoms with Crippen LogP contribution in [0, 0.1) is 5.92 Å². The number of benzene rings is 1. The SMILES string of the molecule is CC1C=CC=C(CCNc2ncc(-c3ccccc3)n(CC(O)NCCCCN=C(N)N)c2=O)C1. The molecule has 2 atom stereocenters. The van der Waals surface area contributed by atoms with Crippen molar-refractivity contribution in [3.8, 4) is 11.3 Å². The van der Waals surface area contributed by atoms with E-state index in [1.807, 2.05) is 30.3 Å². The molecule has 0 aliphatic heterocycles.